The van der Waals surface area contributed by atoms with Crippen molar-refractivity contribution in [3.05, 3.63) is 17.8 Å². The van der Waals surface area contributed by atoms with Gasteiger partial charge in [0.25, 0.3) is 0 Å². The number of aromatic nitrogens is 1. The van der Waals surface area contributed by atoms with Gasteiger partial charge in [0, 0.05) is 5.56 Å². The van der Waals surface area contributed by atoms with E-state index >= 15 is 0 Å². The SMILES string of the molecule is COc1ncc(N)cc1C1CCCCC1. The second-order valence-corrected chi connectivity index (χ2v) is 4.20. The standard InChI is InChI=1S/C12H18N2O/c1-15-12-11(7-10(13)8-14-12)9-5-3-2-4-6-9/h7-9H,2-6,13H2,1H3. The van der Waals surface area contributed by atoms with Crippen molar-refractivity contribution in [1.29, 1.82) is 0 Å². The van der Waals surface area contributed by atoms with Crippen LogP contribution >= 0.6 is 0 Å². The van der Waals surface area contributed by atoms with Crippen molar-refractivity contribution in [2.45, 2.75) is 38.0 Å². The lowest BCUT2D eigenvalue weighted by molar-refractivity contribution is 0.373. The number of nitrogen functional groups attached to an aromatic ring is 1. The Morgan fingerprint density at radius 3 is 2.73 bits per heavy atom. The van der Waals surface area contributed by atoms with Gasteiger partial charge >= 0.3 is 0 Å². The van der Waals surface area contributed by atoms with Crippen LogP contribution in [0.5, 0.6) is 5.88 Å². The summed E-state index contributed by atoms with van der Waals surface area (Å²) in [6, 6.07) is 2.02. The van der Waals surface area contributed by atoms with Crippen LogP contribution in [-0.4, -0.2) is 12.1 Å². The molecular weight excluding hydrogens is 188 g/mol. The maximum Gasteiger partial charge on any atom is 0.216 e. The molecule has 0 unspecified atom stereocenters. The number of pyridine rings is 1. The fourth-order valence-electron chi connectivity index (χ4n) is 2.36. The average molecular weight is 206 g/mol. The zero-order valence-corrected chi connectivity index (χ0v) is 9.20. The van der Waals surface area contributed by atoms with E-state index in [1.54, 1.807) is 13.3 Å². The maximum atomic E-state index is 5.77. The Morgan fingerprint density at radius 2 is 2.07 bits per heavy atom. The molecule has 0 bridgehead atoms. The summed E-state index contributed by atoms with van der Waals surface area (Å²) in [6.07, 6.45) is 8.11. The summed E-state index contributed by atoms with van der Waals surface area (Å²) in [5.74, 6) is 1.33. The summed E-state index contributed by atoms with van der Waals surface area (Å²) in [6.45, 7) is 0. The summed E-state index contributed by atoms with van der Waals surface area (Å²) in [5, 5.41) is 0. The molecular formula is C12H18N2O. The molecule has 2 rings (SSSR count). The van der Waals surface area contributed by atoms with E-state index in [1.165, 1.54) is 37.7 Å². The summed E-state index contributed by atoms with van der Waals surface area (Å²) < 4.78 is 5.29. The van der Waals surface area contributed by atoms with Gasteiger partial charge in [-0.2, -0.15) is 0 Å². The normalized spacial score (nSPS) is 17.7. The van der Waals surface area contributed by atoms with Crippen LogP contribution < -0.4 is 10.5 Å². The van der Waals surface area contributed by atoms with E-state index in [0.717, 1.165) is 11.6 Å². The molecule has 0 radical (unpaired) electrons. The van der Waals surface area contributed by atoms with Crippen LogP contribution in [0.2, 0.25) is 0 Å². The van der Waals surface area contributed by atoms with Crippen molar-refractivity contribution in [3.63, 3.8) is 0 Å². The van der Waals surface area contributed by atoms with Crippen LogP contribution in [-0.2, 0) is 0 Å². The Morgan fingerprint density at radius 1 is 1.33 bits per heavy atom. The van der Waals surface area contributed by atoms with E-state index < -0.39 is 0 Å². The van der Waals surface area contributed by atoms with E-state index in [2.05, 4.69) is 4.98 Å². The molecule has 0 amide bonds. The number of nitrogens with two attached hydrogens (primary N) is 1. The van der Waals surface area contributed by atoms with Gasteiger partial charge in [-0.3, -0.25) is 0 Å². The number of anilines is 1. The van der Waals surface area contributed by atoms with Crippen molar-refractivity contribution >= 4 is 5.69 Å². The topological polar surface area (TPSA) is 48.1 Å². The first-order valence-corrected chi connectivity index (χ1v) is 5.60. The molecule has 1 heterocycles. The molecule has 0 spiro atoms. The minimum atomic E-state index is 0.588. The molecule has 1 fully saturated rings. The van der Waals surface area contributed by atoms with Gasteiger partial charge in [0.15, 0.2) is 0 Å². The number of hydrogen-bond donors (Lipinski definition) is 1. The Balaban J connectivity index is 2.27. The molecule has 0 atom stereocenters. The Labute approximate surface area is 90.7 Å². The molecule has 1 aromatic rings. The van der Waals surface area contributed by atoms with Gasteiger partial charge in [-0.1, -0.05) is 19.3 Å². The predicted molar refractivity (Wildman–Crippen MR) is 61.0 cm³/mol. The minimum Gasteiger partial charge on any atom is -0.481 e. The monoisotopic (exact) mass is 206 g/mol. The molecule has 2 N–H and O–H groups in total. The molecule has 1 saturated carbocycles. The smallest absolute Gasteiger partial charge is 0.216 e. The van der Waals surface area contributed by atoms with Crippen molar-refractivity contribution in [3.8, 4) is 5.88 Å². The molecule has 1 aromatic heterocycles. The van der Waals surface area contributed by atoms with Gasteiger partial charge in [-0.25, -0.2) is 4.98 Å². The molecule has 1 aliphatic rings. The number of ether oxygens (including phenoxy) is 1. The summed E-state index contributed by atoms with van der Waals surface area (Å²) >= 11 is 0. The van der Waals surface area contributed by atoms with Crippen LogP contribution in [0, 0.1) is 0 Å². The second-order valence-electron chi connectivity index (χ2n) is 4.20. The first-order chi connectivity index (χ1) is 7.31. The van der Waals surface area contributed by atoms with E-state index in [0.29, 0.717) is 5.92 Å². The van der Waals surface area contributed by atoms with Crippen LogP contribution in [0.25, 0.3) is 0 Å². The highest BCUT2D eigenvalue weighted by atomic mass is 16.5. The maximum absolute atomic E-state index is 5.77. The Hall–Kier alpha value is -1.25. The van der Waals surface area contributed by atoms with Gasteiger partial charge in [-0.05, 0) is 24.8 Å². The van der Waals surface area contributed by atoms with Crippen LogP contribution in [0.4, 0.5) is 5.69 Å². The highest BCUT2D eigenvalue weighted by molar-refractivity contribution is 5.44. The Kier molecular flexibility index (Phi) is 3.09. The fraction of sp³-hybridized carbons (Fsp3) is 0.583. The molecule has 3 nitrogen and oxygen atoms in total. The van der Waals surface area contributed by atoms with E-state index in [-0.39, 0.29) is 0 Å². The summed E-state index contributed by atoms with van der Waals surface area (Å²) in [4.78, 5) is 4.22. The minimum absolute atomic E-state index is 0.588. The highest BCUT2D eigenvalue weighted by Crippen LogP contribution is 2.37. The van der Waals surface area contributed by atoms with Crippen molar-refractivity contribution in [2.24, 2.45) is 0 Å². The third kappa shape index (κ3) is 2.22. The lowest BCUT2D eigenvalue weighted by Crippen LogP contribution is -2.08. The third-order valence-corrected chi connectivity index (χ3v) is 3.14. The van der Waals surface area contributed by atoms with Gasteiger partial charge < -0.3 is 10.5 Å². The lowest BCUT2D eigenvalue weighted by atomic mass is 9.84. The van der Waals surface area contributed by atoms with E-state index in [9.17, 15) is 0 Å². The third-order valence-electron chi connectivity index (χ3n) is 3.14. The van der Waals surface area contributed by atoms with Crippen molar-refractivity contribution in [1.82, 2.24) is 4.98 Å². The lowest BCUT2D eigenvalue weighted by Gasteiger charge is -2.23. The molecule has 0 aromatic carbocycles. The number of nitrogens with zero attached hydrogens (tertiary/aromatic N) is 1. The fourth-order valence-corrected chi connectivity index (χ4v) is 2.36. The molecule has 0 aliphatic heterocycles. The highest BCUT2D eigenvalue weighted by Gasteiger charge is 2.19. The van der Waals surface area contributed by atoms with E-state index in [1.807, 2.05) is 6.07 Å². The zero-order chi connectivity index (χ0) is 10.7. The molecule has 1 aliphatic carbocycles. The van der Waals surface area contributed by atoms with Gasteiger partial charge in [0.1, 0.15) is 0 Å². The first-order valence-electron chi connectivity index (χ1n) is 5.60. The van der Waals surface area contributed by atoms with Crippen LogP contribution in [0.3, 0.4) is 0 Å². The predicted octanol–water partition coefficient (Wildman–Crippen LogP) is 2.72. The number of hydrogen-bond acceptors (Lipinski definition) is 3. The van der Waals surface area contributed by atoms with Gasteiger partial charge in [0.05, 0.1) is 19.0 Å². The zero-order valence-electron chi connectivity index (χ0n) is 9.20. The Bertz CT molecular complexity index is 332. The van der Waals surface area contributed by atoms with Crippen molar-refractivity contribution < 1.29 is 4.74 Å². The van der Waals surface area contributed by atoms with Crippen LogP contribution in [0.15, 0.2) is 12.3 Å². The van der Waals surface area contributed by atoms with Crippen LogP contribution in [0.1, 0.15) is 43.6 Å². The van der Waals surface area contributed by atoms with Crippen molar-refractivity contribution in [2.75, 3.05) is 12.8 Å². The molecule has 15 heavy (non-hydrogen) atoms. The first kappa shape index (κ1) is 10.3. The molecule has 0 saturated heterocycles. The average Bonchev–Trinajstić information content (AvgIpc) is 2.30. The molecule has 82 valence electrons. The molecule has 3 heteroatoms. The van der Waals surface area contributed by atoms with Gasteiger partial charge in [-0.15, -0.1) is 0 Å². The summed E-state index contributed by atoms with van der Waals surface area (Å²) in [7, 11) is 1.67. The number of rotatable bonds is 2. The second kappa shape index (κ2) is 4.51. The summed E-state index contributed by atoms with van der Waals surface area (Å²) in [5.41, 5.74) is 7.70. The van der Waals surface area contributed by atoms with Gasteiger partial charge in [0.2, 0.25) is 5.88 Å². The largest absolute Gasteiger partial charge is 0.481 e. The number of methoxy groups -OCH3 is 1. The quantitative estimate of drug-likeness (QED) is 0.809. The van der Waals surface area contributed by atoms with E-state index in [4.69, 9.17) is 10.5 Å².